The van der Waals surface area contributed by atoms with Gasteiger partial charge >= 0.3 is 0 Å². The first-order valence-corrected chi connectivity index (χ1v) is 6.23. The van der Waals surface area contributed by atoms with Gasteiger partial charge in [-0.05, 0) is 18.6 Å². The number of aliphatic hydroxyl groups is 1. The third kappa shape index (κ3) is 2.41. The lowest BCUT2D eigenvalue weighted by Crippen LogP contribution is -2.13. The number of aliphatic hydroxyl groups excluding tert-OH is 1. The van der Waals surface area contributed by atoms with Crippen molar-refractivity contribution < 1.29 is 19.3 Å². The van der Waals surface area contributed by atoms with Crippen LogP contribution in [0.4, 0.5) is 0 Å². The Morgan fingerprint density at radius 2 is 2.17 bits per heavy atom. The lowest BCUT2D eigenvalue weighted by molar-refractivity contribution is 0.0896. The van der Waals surface area contributed by atoms with Gasteiger partial charge in [0.2, 0.25) is 0 Å². The molecule has 0 saturated carbocycles. The highest BCUT2D eigenvalue weighted by Crippen LogP contribution is 2.42. The summed E-state index contributed by atoms with van der Waals surface area (Å²) in [5, 5.41) is 10.7. The quantitative estimate of drug-likeness (QED) is 0.915. The van der Waals surface area contributed by atoms with Gasteiger partial charge in [-0.15, -0.1) is 0 Å². The average Bonchev–Trinajstić information content (AvgIpc) is 2.91. The van der Waals surface area contributed by atoms with Gasteiger partial charge in [0.15, 0.2) is 0 Å². The van der Waals surface area contributed by atoms with Crippen LogP contribution in [-0.2, 0) is 4.74 Å². The number of methoxy groups -OCH3 is 2. The fraction of sp³-hybridized carbons (Fsp3) is 0.538. The predicted octanol–water partition coefficient (Wildman–Crippen LogP) is 2.43. The van der Waals surface area contributed by atoms with Gasteiger partial charge < -0.3 is 19.3 Å². The second kappa shape index (κ2) is 5.78. The van der Waals surface area contributed by atoms with Crippen molar-refractivity contribution in [2.75, 3.05) is 27.4 Å². The summed E-state index contributed by atoms with van der Waals surface area (Å²) in [6.07, 6.45) is 0.208. The van der Waals surface area contributed by atoms with Crippen molar-refractivity contribution in [2.45, 2.75) is 12.5 Å². The molecule has 0 aromatic heterocycles. The zero-order valence-electron chi connectivity index (χ0n) is 10.5. The fourth-order valence-corrected chi connectivity index (χ4v) is 2.53. The molecule has 1 N–H and O–H groups in total. The van der Waals surface area contributed by atoms with Gasteiger partial charge in [-0.25, -0.2) is 0 Å². The first-order valence-electron chi connectivity index (χ1n) is 5.85. The molecule has 2 rings (SSSR count). The van der Waals surface area contributed by atoms with Crippen LogP contribution >= 0.6 is 11.6 Å². The van der Waals surface area contributed by atoms with Crippen LogP contribution in [0.3, 0.4) is 0 Å². The summed E-state index contributed by atoms with van der Waals surface area (Å²) in [6, 6.07) is 3.52. The maximum Gasteiger partial charge on any atom is 0.147 e. The summed E-state index contributed by atoms with van der Waals surface area (Å²) >= 11 is 6.17. The Hall–Kier alpha value is -0.970. The van der Waals surface area contributed by atoms with Crippen LogP contribution in [0.2, 0.25) is 5.02 Å². The smallest absolute Gasteiger partial charge is 0.147 e. The van der Waals surface area contributed by atoms with Crippen LogP contribution in [0.1, 0.15) is 18.1 Å². The number of rotatable bonds is 4. The van der Waals surface area contributed by atoms with E-state index in [-0.39, 0.29) is 5.92 Å². The lowest BCUT2D eigenvalue weighted by atomic mass is 9.94. The monoisotopic (exact) mass is 272 g/mol. The van der Waals surface area contributed by atoms with Crippen molar-refractivity contribution in [1.82, 2.24) is 0 Å². The molecule has 0 bridgehead atoms. The Morgan fingerprint density at radius 3 is 2.72 bits per heavy atom. The maximum absolute atomic E-state index is 10.4. The third-order valence-corrected chi connectivity index (χ3v) is 3.60. The number of hydrogen-bond acceptors (Lipinski definition) is 4. The third-order valence-electron chi connectivity index (χ3n) is 3.25. The molecule has 2 unspecified atom stereocenters. The summed E-state index contributed by atoms with van der Waals surface area (Å²) < 4.78 is 15.7. The highest BCUT2D eigenvalue weighted by molar-refractivity contribution is 6.33. The Kier molecular flexibility index (Phi) is 4.32. The Morgan fingerprint density at radius 1 is 1.39 bits per heavy atom. The van der Waals surface area contributed by atoms with Crippen LogP contribution in [0.15, 0.2) is 12.1 Å². The minimum absolute atomic E-state index is 0.0864. The molecule has 1 saturated heterocycles. The van der Waals surface area contributed by atoms with Crippen molar-refractivity contribution in [1.29, 1.82) is 0 Å². The number of ether oxygens (including phenoxy) is 3. The van der Waals surface area contributed by atoms with Crippen molar-refractivity contribution in [3.05, 3.63) is 22.7 Å². The molecule has 1 aliphatic rings. The first-order chi connectivity index (χ1) is 8.69. The zero-order chi connectivity index (χ0) is 13.1. The summed E-state index contributed by atoms with van der Waals surface area (Å²) in [5.74, 6) is 1.09. The van der Waals surface area contributed by atoms with E-state index < -0.39 is 6.10 Å². The van der Waals surface area contributed by atoms with Crippen LogP contribution in [0.25, 0.3) is 0 Å². The first kappa shape index (κ1) is 13.5. The van der Waals surface area contributed by atoms with E-state index in [4.69, 9.17) is 25.8 Å². The second-order valence-electron chi connectivity index (χ2n) is 4.27. The van der Waals surface area contributed by atoms with Gasteiger partial charge in [0.05, 0.1) is 26.9 Å². The molecule has 100 valence electrons. The normalized spacial score (nSPS) is 20.8. The van der Waals surface area contributed by atoms with Gasteiger partial charge in [0, 0.05) is 18.1 Å². The highest BCUT2D eigenvalue weighted by atomic mass is 35.5. The molecule has 2 atom stereocenters. The maximum atomic E-state index is 10.4. The Bertz CT molecular complexity index is 416. The summed E-state index contributed by atoms with van der Waals surface area (Å²) in [5.41, 5.74) is 0.679. The summed E-state index contributed by atoms with van der Waals surface area (Å²) in [6.45, 7) is 1.25. The SMILES string of the molecule is COc1ccc(C(O)C2CCOC2)c(OC)c1Cl. The van der Waals surface area contributed by atoms with Gasteiger partial charge in [0.1, 0.15) is 16.5 Å². The van der Waals surface area contributed by atoms with Crippen molar-refractivity contribution in [2.24, 2.45) is 5.92 Å². The van der Waals surface area contributed by atoms with Gasteiger partial charge in [-0.3, -0.25) is 0 Å². The van der Waals surface area contributed by atoms with Crippen molar-refractivity contribution in [3.8, 4) is 11.5 Å². The van der Waals surface area contributed by atoms with Crippen LogP contribution in [0, 0.1) is 5.92 Å². The van der Waals surface area contributed by atoms with Gasteiger partial charge in [-0.1, -0.05) is 11.6 Å². The number of hydrogen-bond donors (Lipinski definition) is 1. The standard InChI is InChI=1S/C13H17ClO4/c1-16-10-4-3-9(13(17-2)11(10)14)12(15)8-5-6-18-7-8/h3-4,8,12,15H,5-7H2,1-2H3. The van der Waals surface area contributed by atoms with Crippen LogP contribution < -0.4 is 9.47 Å². The largest absolute Gasteiger partial charge is 0.495 e. The zero-order valence-corrected chi connectivity index (χ0v) is 11.2. The molecule has 1 heterocycles. The Balaban J connectivity index is 2.34. The lowest BCUT2D eigenvalue weighted by Gasteiger charge is -2.21. The topological polar surface area (TPSA) is 47.9 Å². The fourth-order valence-electron chi connectivity index (χ4n) is 2.21. The van der Waals surface area contributed by atoms with Crippen molar-refractivity contribution in [3.63, 3.8) is 0 Å². The molecule has 1 aromatic rings. The predicted molar refractivity (Wildman–Crippen MR) is 68.4 cm³/mol. The highest BCUT2D eigenvalue weighted by Gasteiger charge is 2.28. The molecule has 1 fully saturated rings. The summed E-state index contributed by atoms with van der Waals surface area (Å²) in [4.78, 5) is 0. The molecule has 1 aliphatic heterocycles. The molecule has 1 aromatic carbocycles. The van der Waals surface area contributed by atoms with E-state index in [1.165, 1.54) is 7.11 Å². The Labute approximate surface area is 111 Å². The van der Waals surface area contributed by atoms with E-state index in [1.807, 2.05) is 0 Å². The molecule has 0 spiro atoms. The summed E-state index contributed by atoms with van der Waals surface area (Å²) in [7, 11) is 3.07. The molecule has 4 nitrogen and oxygen atoms in total. The molecule has 0 amide bonds. The van der Waals surface area contributed by atoms with E-state index in [0.717, 1.165) is 6.42 Å². The molecular formula is C13H17ClO4. The molecule has 0 aliphatic carbocycles. The van der Waals surface area contributed by atoms with E-state index in [2.05, 4.69) is 0 Å². The van der Waals surface area contributed by atoms with Crippen LogP contribution in [-0.4, -0.2) is 32.5 Å². The van der Waals surface area contributed by atoms with Gasteiger partial charge in [0.25, 0.3) is 0 Å². The van der Waals surface area contributed by atoms with E-state index >= 15 is 0 Å². The molecular weight excluding hydrogens is 256 g/mol. The minimum Gasteiger partial charge on any atom is -0.495 e. The number of halogens is 1. The van der Waals surface area contributed by atoms with E-state index in [1.54, 1.807) is 19.2 Å². The second-order valence-corrected chi connectivity index (χ2v) is 4.65. The molecule has 5 heteroatoms. The number of benzene rings is 1. The van der Waals surface area contributed by atoms with E-state index in [0.29, 0.717) is 35.3 Å². The average molecular weight is 273 g/mol. The van der Waals surface area contributed by atoms with Crippen molar-refractivity contribution >= 4 is 11.6 Å². The van der Waals surface area contributed by atoms with E-state index in [9.17, 15) is 5.11 Å². The molecule has 0 radical (unpaired) electrons. The minimum atomic E-state index is -0.633. The van der Waals surface area contributed by atoms with Crippen LogP contribution in [0.5, 0.6) is 11.5 Å². The van der Waals surface area contributed by atoms with Gasteiger partial charge in [-0.2, -0.15) is 0 Å². The molecule has 18 heavy (non-hydrogen) atoms.